The Morgan fingerprint density at radius 2 is 1.85 bits per heavy atom. The number of benzene rings is 2. The van der Waals surface area contributed by atoms with E-state index in [0.29, 0.717) is 13.2 Å². The molecule has 0 radical (unpaired) electrons. The fourth-order valence-electron chi connectivity index (χ4n) is 4.08. The first kappa shape index (κ1) is 16.6. The van der Waals surface area contributed by atoms with Gasteiger partial charge in [-0.2, -0.15) is 0 Å². The number of rotatable bonds is 5. The van der Waals surface area contributed by atoms with Gasteiger partial charge in [0.15, 0.2) is 0 Å². The molecule has 0 aromatic heterocycles. The molecule has 5 nitrogen and oxygen atoms in total. The number of fused-ring (bicyclic) bond motifs is 2. The highest BCUT2D eigenvalue weighted by molar-refractivity contribution is 5.87. The molecule has 2 aromatic rings. The predicted octanol–water partition coefficient (Wildman–Crippen LogP) is 2.84. The summed E-state index contributed by atoms with van der Waals surface area (Å²) in [6, 6.07) is 17.4. The molecule has 5 heteroatoms. The normalized spacial score (nSPS) is 23.0. The maximum Gasteiger partial charge on any atom is 0.323 e. The lowest BCUT2D eigenvalue weighted by molar-refractivity contribution is -0.145. The van der Waals surface area contributed by atoms with Gasteiger partial charge in [0.05, 0.1) is 6.61 Å². The summed E-state index contributed by atoms with van der Waals surface area (Å²) in [5, 5.41) is 9.26. The van der Waals surface area contributed by atoms with Crippen LogP contribution in [0.5, 0.6) is 5.75 Å². The second-order valence-corrected chi connectivity index (χ2v) is 7.08. The Balaban J connectivity index is 1.57. The Kier molecular flexibility index (Phi) is 4.15. The van der Waals surface area contributed by atoms with Crippen molar-refractivity contribution in [3.8, 4) is 5.75 Å². The van der Waals surface area contributed by atoms with Crippen molar-refractivity contribution in [3.05, 3.63) is 65.7 Å². The van der Waals surface area contributed by atoms with Crippen molar-refractivity contribution in [3.63, 3.8) is 0 Å². The number of amides is 1. The second-order valence-electron chi connectivity index (χ2n) is 7.08. The highest BCUT2D eigenvalue weighted by atomic mass is 16.5. The average molecular weight is 351 g/mol. The number of carbonyl (C=O) groups excluding carboxylic acids is 1. The van der Waals surface area contributed by atoms with Gasteiger partial charge in [0.1, 0.15) is 12.3 Å². The van der Waals surface area contributed by atoms with Crippen LogP contribution in [0.25, 0.3) is 0 Å². The van der Waals surface area contributed by atoms with Gasteiger partial charge >= 0.3 is 5.97 Å². The number of ether oxygens (including phenoxy) is 1. The van der Waals surface area contributed by atoms with E-state index >= 15 is 0 Å². The quantitative estimate of drug-likeness (QED) is 0.899. The second kappa shape index (κ2) is 6.48. The first-order chi connectivity index (χ1) is 12.6. The van der Waals surface area contributed by atoms with Crippen molar-refractivity contribution in [1.82, 2.24) is 4.90 Å². The van der Waals surface area contributed by atoms with Crippen LogP contribution in [0.15, 0.2) is 54.6 Å². The van der Waals surface area contributed by atoms with Gasteiger partial charge < -0.3 is 14.7 Å². The Hall–Kier alpha value is -2.82. The summed E-state index contributed by atoms with van der Waals surface area (Å²) in [5.74, 6) is -0.387. The molecule has 2 aliphatic rings. The van der Waals surface area contributed by atoms with Gasteiger partial charge in [0.2, 0.25) is 5.91 Å². The van der Waals surface area contributed by atoms with Gasteiger partial charge in [-0.3, -0.25) is 9.59 Å². The number of carboxylic acids is 1. The Labute approximate surface area is 152 Å². The minimum atomic E-state index is -0.989. The van der Waals surface area contributed by atoms with Gasteiger partial charge in [-0.1, -0.05) is 48.5 Å². The molecule has 1 fully saturated rings. The molecule has 0 saturated heterocycles. The standard InChI is InChI=1S/C21H21NO4/c23-19(24)14-22(13-15-6-2-1-3-7-15)20(25)17-12-21(17)10-11-26-18-9-5-4-8-16(18)21/h1-9,17H,10-14H2,(H,23,24)/t17-,21-/m0/s1. The summed E-state index contributed by atoms with van der Waals surface area (Å²) in [6.07, 6.45) is 1.56. The lowest BCUT2D eigenvalue weighted by atomic mass is 9.87. The molecule has 1 aliphatic carbocycles. The molecule has 1 heterocycles. The highest BCUT2D eigenvalue weighted by Gasteiger charge is 2.61. The summed E-state index contributed by atoms with van der Waals surface area (Å²) >= 11 is 0. The third-order valence-electron chi connectivity index (χ3n) is 5.46. The van der Waals surface area contributed by atoms with E-state index in [1.807, 2.05) is 54.6 Å². The van der Waals surface area contributed by atoms with Crippen molar-refractivity contribution in [2.75, 3.05) is 13.2 Å². The van der Waals surface area contributed by atoms with Crippen molar-refractivity contribution >= 4 is 11.9 Å². The van der Waals surface area contributed by atoms with Crippen molar-refractivity contribution in [2.24, 2.45) is 5.92 Å². The monoisotopic (exact) mass is 351 g/mol. The number of hydrogen-bond acceptors (Lipinski definition) is 3. The molecular weight excluding hydrogens is 330 g/mol. The Morgan fingerprint density at radius 1 is 1.12 bits per heavy atom. The minimum absolute atomic E-state index is 0.0760. The molecule has 2 aromatic carbocycles. The van der Waals surface area contributed by atoms with Gasteiger partial charge in [-0.15, -0.1) is 0 Å². The highest BCUT2D eigenvalue weighted by Crippen LogP contribution is 2.61. The van der Waals surface area contributed by atoms with E-state index in [1.54, 1.807) is 0 Å². The minimum Gasteiger partial charge on any atom is -0.493 e. The SMILES string of the molecule is O=C(O)CN(Cc1ccccc1)C(=O)[C@@H]1C[C@]12CCOc1ccccc12. The summed E-state index contributed by atoms with van der Waals surface area (Å²) in [6.45, 7) is 0.633. The number of carboxylic acid groups (broad SMARTS) is 1. The fourth-order valence-corrected chi connectivity index (χ4v) is 4.08. The summed E-state index contributed by atoms with van der Waals surface area (Å²) in [4.78, 5) is 25.9. The number of carbonyl (C=O) groups is 2. The number of para-hydroxylation sites is 1. The number of nitrogens with zero attached hydrogens (tertiary/aromatic N) is 1. The van der Waals surface area contributed by atoms with Crippen molar-refractivity contribution in [2.45, 2.75) is 24.8 Å². The molecular formula is C21H21NO4. The molecule has 4 rings (SSSR count). The number of aliphatic carboxylic acids is 1. The van der Waals surface area contributed by atoms with Gasteiger partial charge in [0, 0.05) is 23.4 Å². The molecule has 0 bridgehead atoms. The third kappa shape index (κ3) is 2.94. The summed E-state index contributed by atoms with van der Waals surface area (Å²) in [7, 11) is 0. The van der Waals surface area contributed by atoms with E-state index in [1.165, 1.54) is 4.90 Å². The van der Waals surface area contributed by atoms with Crippen LogP contribution in [0.4, 0.5) is 0 Å². The third-order valence-corrected chi connectivity index (χ3v) is 5.46. The first-order valence-corrected chi connectivity index (χ1v) is 8.87. The van der Waals surface area contributed by atoms with E-state index in [-0.39, 0.29) is 23.8 Å². The van der Waals surface area contributed by atoms with Crippen LogP contribution >= 0.6 is 0 Å². The first-order valence-electron chi connectivity index (χ1n) is 8.87. The lowest BCUT2D eigenvalue weighted by Gasteiger charge is -2.28. The Bertz CT molecular complexity index is 835. The topological polar surface area (TPSA) is 66.8 Å². The van der Waals surface area contributed by atoms with Crippen molar-refractivity contribution in [1.29, 1.82) is 0 Å². The molecule has 1 spiro atoms. The van der Waals surface area contributed by atoms with Crippen LogP contribution in [0.2, 0.25) is 0 Å². The maximum atomic E-state index is 13.2. The Morgan fingerprint density at radius 3 is 2.62 bits per heavy atom. The zero-order chi connectivity index (χ0) is 18.1. The molecule has 1 amide bonds. The van der Waals surface area contributed by atoms with E-state index in [2.05, 4.69) is 0 Å². The number of hydrogen-bond donors (Lipinski definition) is 1. The van der Waals surface area contributed by atoms with Crippen LogP contribution in [-0.4, -0.2) is 35.0 Å². The molecule has 2 atom stereocenters. The zero-order valence-electron chi connectivity index (χ0n) is 14.4. The summed E-state index contributed by atoms with van der Waals surface area (Å²) < 4.78 is 5.73. The van der Waals surface area contributed by atoms with Crippen LogP contribution in [0.1, 0.15) is 24.0 Å². The van der Waals surface area contributed by atoms with E-state index < -0.39 is 5.97 Å². The van der Waals surface area contributed by atoms with Crippen LogP contribution in [0, 0.1) is 5.92 Å². The van der Waals surface area contributed by atoms with Crippen molar-refractivity contribution < 1.29 is 19.4 Å². The lowest BCUT2D eigenvalue weighted by Crippen LogP contribution is -2.38. The molecule has 134 valence electrons. The molecule has 0 unspecified atom stereocenters. The van der Waals surface area contributed by atoms with E-state index in [0.717, 1.165) is 29.7 Å². The van der Waals surface area contributed by atoms with Gasteiger partial charge in [-0.05, 0) is 24.5 Å². The summed E-state index contributed by atoms with van der Waals surface area (Å²) in [5.41, 5.74) is 1.82. The average Bonchev–Trinajstić information content (AvgIpc) is 3.36. The van der Waals surface area contributed by atoms with Gasteiger partial charge in [0.25, 0.3) is 0 Å². The smallest absolute Gasteiger partial charge is 0.323 e. The zero-order valence-corrected chi connectivity index (χ0v) is 14.4. The maximum absolute atomic E-state index is 13.2. The van der Waals surface area contributed by atoms with Crippen LogP contribution in [0.3, 0.4) is 0 Å². The molecule has 1 N–H and O–H groups in total. The van der Waals surface area contributed by atoms with Gasteiger partial charge in [-0.25, -0.2) is 0 Å². The van der Waals surface area contributed by atoms with Crippen LogP contribution < -0.4 is 4.74 Å². The predicted molar refractivity (Wildman–Crippen MR) is 95.8 cm³/mol. The largest absolute Gasteiger partial charge is 0.493 e. The fraction of sp³-hybridized carbons (Fsp3) is 0.333. The molecule has 26 heavy (non-hydrogen) atoms. The van der Waals surface area contributed by atoms with E-state index in [9.17, 15) is 14.7 Å². The van der Waals surface area contributed by atoms with Crippen LogP contribution in [-0.2, 0) is 21.5 Å². The van der Waals surface area contributed by atoms with E-state index in [4.69, 9.17) is 4.74 Å². The molecule has 1 saturated carbocycles. The molecule has 1 aliphatic heterocycles.